The van der Waals surface area contributed by atoms with Crippen molar-refractivity contribution >= 4 is 21.0 Å². The Morgan fingerprint density at radius 1 is 0.731 bits per heavy atom. The summed E-state index contributed by atoms with van der Waals surface area (Å²) in [5.41, 5.74) is 0.843. The van der Waals surface area contributed by atoms with Crippen LogP contribution in [0.1, 0.15) is 15.9 Å². The molecule has 0 bridgehead atoms. The third-order valence-corrected chi connectivity index (χ3v) is 5.17. The molecule has 0 radical (unpaired) electrons. The lowest BCUT2D eigenvalue weighted by atomic mass is 10.1. The zero-order valence-corrected chi connectivity index (χ0v) is 15.5. The van der Waals surface area contributed by atoms with Crippen LogP contribution in [0.3, 0.4) is 0 Å². The van der Waals surface area contributed by atoms with Gasteiger partial charge in [0.2, 0.25) is 0 Å². The van der Waals surface area contributed by atoms with E-state index in [1.54, 1.807) is 58.2 Å². The third kappa shape index (κ3) is 6.88. The van der Waals surface area contributed by atoms with E-state index in [1.165, 1.54) is 0 Å². The first kappa shape index (κ1) is 20.6. The van der Waals surface area contributed by atoms with Gasteiger partial charge < -0.3 is 19.6 Å². The summed E-state index contributed by atoms with van der Waals surface area (Å²) in [6, 6.07) is 6.27. The fraction of sp³-hybridized carbons (Fsp3) is 0.267. The summed E-state index contributed by atoms with van der Waals surface area (Å²) in [7, 11) is -8.14. The average Bonchev–Trinajstić information content (AvgIpc) is 2.57. The summed E-state index contributed by atoms with van der Waals surface area (Å²) in [5.74, 6) is -0.228. The molecule has 11 heteroatoms. The molecule has 0 saturated heterocycles. The molecule has 0 aliphatic rings. The van der Waals surface area contributed by atoms with Gasteiger partial charge >= 0.3 is 15.2 Å². The standard InChI is InChI=1S/C15H18N2O7P2/c18-15(13-1-5-16(6-2-13)9-11-25(19,20)21)14-3-7-17(8-4-14)10-12-26(22,23)24/h1-8H,9-12H2,(H2-2,19,20,21,22,23,24)/p+2. The summed E-state index contributed by atoms with van der Waals surface area (Å²) in [5, 5.41) is 0. The molecule has 0 amide bonds. The molecule has 0 spiro atoms. The maximum atomic E-state index is 12.4. The van der Waals surface area contributed by atoms with Crippen molar-refractivity contribution in [2.45, 2.75) is 13.1 Å². The van der Waals surface area contributed by atoms with Crippen molar-refractivity contribution in [3.05, 3.63) is 60.2 Å². The first-order valence-electron chi connectivity index (χ1n) is 7.66. The molecule has 4 N–H and O–H groups in total. The Morgan fingerprint density at radius 2 is 1.04 bits per heavy atom. The van der Waals surface area contributed by atoms with E-state index in [1.807, 2.05) is 0 Å². The molecule has 0 unspecified atom stereocenters. The summed E-state index contributed by atoms with van der Waals surface area (Å²) in [6.07, 6.45) is 5.74. The zero-order chi connectivity index (χ0) is 19.4. The number of ketones is 1. The van der Waals surface area contributed by atoms with Crippen molar-refractivity contribution in [3.8, 4) is 0 Å². The van der Waals surface area contributed by atoms with Gasteiger partial charge in [-0.15, -0.1) is 0 Å². The predicted molar refractivity (Wildman–Crippen MR) is 90.5 cm³/mol. The van der Waals surface area contributed by atoms with Gasteiger partial charge in [0.25, 0.3) is 0 Å². The largest absolute Gasteiger partial charge is 0.331 e. The van der Waals surface area contributed by atoms with Gasteiger partial charge in [-0.3, -0.25) is 13.9 Å². The van der Waals surface area contributed by atoms with Gasteiger partial charge in [-0.25, -0.2) is 9.13 Å². The molecule has 0 aliphatic heterocycles. The molecule has 0 atom stereocenters. The van der Waals surface area contributed by atoms with E-state index < -0.39 is 15.2 Å². The lowest BCUT2D eigenvalue weighted by Crippen LogP contribution is -2.35. The Hall–Kier alpha value is -1.73. The molecule has 2 aromatic rings. The Morgan fingerprint density at radius 3 is 1.31 bits per heavy atom. The van der Waals surface area contributed by atoms with Crippen molar-refractivity contribution in [3.63, 3.8) is 0 Å². The number of nitrogens with zero attached hydrogens (tertiary/aromatic N) is 2. The van der Waals surface area contributed by atoms with Crippen LogP contribution in [0.4, 0.5) is 0 Å². The number of rotatable bonds is 8. The number of hydrogen-bond acceptors (Lipinski definition) is 3. The summed E-state index contributed by atoms with van der Waals surface area (Å²) >= 11 is 0. The van der Waals surface area contributed by atoms with Gasteiger partial charge in [-0.1, -0.05) is 0 Å². The van der Waals surface area contributed by atoms with Crippen LogP contribution >= 0.6 is 15.2 Å². The Kier molecular flexibility index (Phi) is 6.58. The molecule has 0 aliphatic carbocycles. The number of hydrogen-bond donors (Lipinski definition) is 4. The van der Waals surface area contributed by atoms with Gasteiger partial charge in [-0.2, -0.15) is 0 Å². The molecular weight excluding hydrogens is 382 g/mol. The first-order valence-corrected chi connectivity index (χ1v) is 11.3. The zero-order valence-electron chi connectivity index (χ0n) is 13.7. The van der Waals surface area contributed by atoms with Gasteiger partial charge in [0.1, 0.15) is 12.3 Å². The van der Waals surface area contributed by atoms with Crippen LogP contribution < -0.4 is 9.13 Å². The second-order valence-corrected chi connectivity index (χ2v) is 9.31. The second kappa shape index (κ2) is 8.31. The van der Waals surface area contributed by atoms with E-state index in [-0.39, 0.29) is 31.2 Å². The van der Waals surface area contributed by atoms with Crippen LogP contribution in [0.2, 0.25) is 0 Å². The maximum absolute atomic E-state index is 12.4. The molecule has 9 nitrogen and oxygen atoms in total. The second-order valence-electron chi connectivity index (χ2n) is 5.75. The van der Waals surface area contributed by atoms with Gasteiger partial charge in [0.15, 0.2) is 43.7 Å². The molecule has 0 fully saturated rings. The van der Waals surface area contributed by atoms with Gasteiger partial charge in [0, 0.05) is 35.4 Å². The highest BCUT2D eigenvalue weighted by molar-refractivity contribution is 7.51. The molecule has 2 rings (SSSR count). The van der Waals surface area contributed by atoms with E-state index >= 15 is 0 Å². The quantitative estimate of drug-likeness (QED) is 0.273. The van der Waals surface area contributed by atoms with E-state index in [0.29, 0.717) is 11.1 Å². The fourth-order valence-corrected chi connectivity index (χ4v) is 3.16. The van der Waals surface area contributed by atoms with Crippen molar-refractivity contribution in [2.75, 3.05) is 12.3 Å². The smallest absolute Gasteiger partial charge is 0.324 e. The first-order chi connectivity index (χ1) is 12.0. The number of pyridine rings is 2. The molecule has 26 heavy (non-hydrogen) atoms. The number of carbonyl (C=O) groups excluding carboxylic acids is 1. The Balaban J connectivity index is 2.02. The lowest BCUT2D eigenvalue weighted by molar-refractivity contribution is -0.692. The molecular formula is C15H20N2O7P2+2. The number of aryl methyl sites for hydroxylation is 2. The van der Waals surface area contributed by atoms with Crippen LogP contribution in [0.5, 0.6) is 0 Å². The lowest BCUT2D eigenvalue weighted by Gasteiger charge is -2.03. The molecule has 0 saturated carbocycles. The maximum Gasteiger partial charge on any atom is 0.331 e. The molecule has 140 valence electrons. The van der Waals surface area contributed by atoms with Crippen molar-refractivity contribution < 1.29 is 42.6 Å². The normalized spacial score (nSPS) is 12.2. The Labute approximate surface area is 149 Å². The topological polar surface area (TPSA) is 140 Å². The minimum absolute atomic E-state index is 0.143. The highest BCUT2D eigenvalue weighted by Crippen LogP contribution is 2.33. The van der Waals surface area contributed by atoms with Crippen LogP contribution in [-0.2, 0) is 22.2 Å². The number of aromatic nitrogens is 2. The van der Waals surface area contributed by atoms with Crippen LogP contribution in [0.25, 0.3) is 0 Å². The number of carbonyl (C=O) groups is 1. The summed E-state index contributed by atoms with van der Waals surface area (Å²) in [4.78, 5) is 47.9. The van der Waals surface area contributed by atoms with Crippen LogP contribution in [0, 0.1) is 0 Å². The van der Waals surface area contributed by atoms with Gasteiger partial charge in [0.05, 0.1) is 0 Å². The highest BCUT2D eigenvalue weighted by Gasteiger charge is 2.18. The van der Waals surface area contributed by atoms with Crippen molar-refractivity contribution in [2.24, 2.45) is 0 Å². The third-order valence-electron chi connectivity index (χ3n) is 3.61. The minimum Gasteiger partial charge on any atom is -0.324 e. The molecule has 2 aromatic heterocycles. The van der Waals surface area contributed by atoms with E-state index in [2.05, 4.69) is 0 Å². The van der Waals surface area contributed by atoms with Crippen molar-refractivity contribution in [1.82, 2.24) is 0 Å². The minimum atomic E-state index is -4.07. The Bertz CT molecular complexity index is 785. The van der Waals surface area contributed by atoms with Gasteiger partial charge in [-0.05, 0) is 0 Å². The average molecular weight is 402 g/mol. The fourth-order valence-electron chi connectivity index (χ4n) is 2.17. The van der Waals surface area contributed by atoms with E-state index in [9.17, 15) is 13.9 Å². The van der Waals surface area contributed by atoms with Crippen LogP contribution in [-0.4, -0.2) is 37.7 Å². The van der Waals surface area contributed by atoms with E-state index in [4.69, 9.17) is 19.6 Å². The predicted octanol–water partition coefficient (Wildman–Crippen LogP) is -0.152. The van der Waals surface area contributed by atoms with E-state index in [0.717, 1.165) is 0 Å². The highest BCUT2D eigenvalue weighted by atomic mass is 31.2. The monoisotopic (exact) mass is 402 g/mol. The molecule has 0 aromatic carbocycles. The van der Waals surface area contributed by atoms with Crippen LogP contribution in [0.15, 0.2) is 49.1 Å². The molecule has 2 heterocycles. The summed E-state index contributed by atoms with van der Waals surface area (Å²) < 4.78 is 24.9. The SMILES string of the molecule is O=C(c1cc[n+](CCP(=O)(O)O)cc1)c1cc[n+](CCP(=O)(O)O)cc1. The summed E-state index contributed by atoms with van der Waals surface area (Å²) in [6.45, 7) is 0.285. The van der Waals surface area contributed by atoms with Crippen molar-refractivity contribution in [1.29, 1.82) is 0 Å².